The molecule has 274 valence electrons. The van der Waals surface area contributed by atoms with Crippen molar-refractivity contribution in [2.75, 3.05) is 11.4 Å². The molecule has 0 spiro atoms. The van der Waals surface area contributed by atoms with E-state index in [9.17, 15) is 18.8 Å². The topological polar surface area (TPSA) is 128 Å². The fourth-order valence-corrected chi connectivity index (χ4v) is 6.83. The fraction of sp³-hybridized carbons (Fsp3) is 0.421. The lowest BCUT2D eigenvalue weighted by molar-refractivity contribution is 0.0220. The Morgan fingerprint density at radius 3 is 2.19 bits per heavy atom. The summed E-state index contributed by atoms with van der Waals surface area (Å²) in [5, 5.41) is 3.63. The smallest absolute Gasteiger partial charge is 0.425 e. The highest BCUT2D eigenvalue weighted by molar-refractivity contribution is 7.13. The molecule has 1 saturated heterocycles. The number of anilines is 1. The highest BCUT2D eigenvalue weighted by Gasteiger charge is 2.37. The molecule has 5 heterocycles. The largest absolute Gasteiger partial charge is 0.444 e. The summed E-state index contributed by atoms with van der Waals surface area (Å²) in [6.45, 7) is 16.3. The number of imide groups is 1. The van der Waals surface area contributed by atoms with Crippen LogP contribution in [0.25, 0.3) is 38.2 Å². The standard InChI is InChI=1S/C38H43FN6O6S/c1-36(2,3)49-33(46)44-15-10-11-28(44)27-21-52-32(42-27)26-19-41-31(45(34(47)50-37(4,5)6)35(48)51-38(7,8)9)25-17-22(12-13-24(25)26)29-20-40-30-18-23(39)14-16-43(29)30/h12-14,16-21,28H,10-11,15H2,1-9H3. The molecular formula is C38H43FN6O6S. The van der Waals surface area contributed by atoms with E-state index in [0.717, 1.165) is 23.4 Å². The third-order valence-corrected chi connectivity index (χ3v) is 8.87. The number of fused-ring (bicyclic) bond motifs is 2. The molecule has 1 aromatic carbocycles. The van der Waals surface area contributed by atoms with Crippen LogP contribution in [0.5, 0.6) is 0 Å². The van der Waals surface area contributed by atoms with Crippen LogP contribution in [0.1, 0.15) is 86.9 Å². The number of nitrogens with zero attached hydrogens (tertiary/aromatic N) is 6. The summed E-state index contributed by atoms with van der Waals surface area (Å²) in [6, 6.07) is 7.96. The van der Waals surface area contributed by atoms with Gasteiger partial charge in [-0.25, -0.2) is 33.7 Å². The van der Waals surface area contributed by atoms with Crippen molar-refractivity contribution >= 4 is 51.9 Å². The first kappa shape index (κ1) is 36.7. The van der Waals surface area contributed by atoms with Crippen molar-refractivity contribution in [2.24, 2.45) is 0 Å². The van der Waals surface area contributed by atoms with Gasteiger partial charge in [0.05, 0.1) is 23.6 Å². The average Bonchev–Trinajstić information content (AvgIpc) is 3.78. The van der Waals surface area contributed by atoms with Gasteiger partial charge in [-0.2, -0.15) is 4.90 Å². The molecule has 6 rings (SSSR count). The van der Waals surface area contributed by atoms with Crippen molar-refractivity contribution in [1.29, 1.82) is 0 Å². The molecule has 1 aliphatic heterocycles. The van der Waals surface area contributed by atoms with E-state index in [4.69, 9.17) is 24.2 Å². The number of hydrogen-bond donors (Lipinski definition) is 0. The van der Waals surface area contributed by atoms with Crippen LogP contribution in [0.4, 0.5) is 24.6 Å². The van der Waals surface area contributed by atoms with E-state index in [1.807, 2.05) is 38.3 Å². The minimum Gasteiger partial charge on any atom is -0.444 e. The van der Waals surface area contributed by atoms with Gasteiger partial charge in [0.2, 0.25) is 0 Å². The molecule has 4 aromatic heterocycles. The third-order valence-electron chi connectivity index (χ3n) is 7.98. The maximum absolute atomic E-state index is 14.0. The van der Waals surface area contributed by atoms with Gasteiger partial charge in [0.15, 0.2) is 5.82 Å². The van der Waals surface area contributed by atoms with Gasteiger partial charge in [0.1, 0.15) is 33.3 Å². The molecule has 0 saturated carbocycles. The number of pyridine rings is 2. The lowest BCUT2D eigenvalue weighted by atomic mass is 10.0. The van der Waals surface area contributed by atoms with Gasteiger partial charge in [-0.3, -0.25) is 9.30 Å². The Morgan fingerprint density at radius 2 is 1.54 bits per heavy atom. The van der Waals surface area contributed by atoms with Crippen LogP contribution in [-0.4, -0.2) is 65.9 Å². The Balaban J connectivity index is 1.50. The van der Waals surface area contributed by atoms with Gasteiger partial charge in [-0.1, -0.05) is 12.1 Å². The monoisotopic (exact) mass is 730 g/mol. The number of hydrogen-bond acceptors (Lipinski definition) is 10. The van der Waals surface area contributed by atoms with Gasteiger partial charge in [-0.05, 0) is 92.7 Å². The maximum atomic E-state index is 14.0. The minimum atomic E-state index is -0.959. The van der Waals surface area contributed by atoms with Gasteiger partial charge < -0.3 is 14.2 Å². The van der Waals surface area contributed by atoms with Crippen LogP contribution in [0.15, 0.2) is 54.3 Å². The SMILES string of the molecule is CC(C)(C)OC(=O)N(C(=O)OC(C)(C)C)c1ncc(-c2nc(C3CCCN3C(=O)OC(C)(C)C)cs2)c2ccc(-c3cnc4cc(F)ccn34)cc12. The summed E-state index contributed by atoms with van der Waals surface area (Å²) in [4.78, 5) is 57.2. The molecule has 1 atom stereocenters. The summed E-state index contributed by atoms with van der Waals surface area (Å²) in [5.74, 6) is -0.424. The van der Waals surface area contributed by atoms with Crippen LogP contribution >= 0.6 is 11.3 Å². The number of halogens is 1. The molecule has 3 amide bonds. The Hall–Kier alpha value is -5.11. The normalized spacial score (nSPS) is 15.3. The number of imidazole rings is 1. The Bertz CT molecular complexity index is 2150. The van der Waals surface area contributed by atoms with Crippen LogP contribution in [-0.2, 0) is 14.2 Å². The van der Waals surface area contributed by atoms with E-state index in [0.29, 0.717) is 44.8 Å². The van der Waals surface area contributed by atoms with Crippen molar-refractivity contribution in [3.63, 3.8) is 0 Å². The summed E-state index contributed by atoms with van der Waals surface area (Å²) in [5.41, 5.74) is 0.608. The first-order valence-corrected chi connectivity index (χ1v) is 17.9. The highest BCUT2D eigenvalue weighted by Crippen LogP contribution is 2.40. The van der Waals surface area contributed by atoms with Crippen molar-refractivity contribution < 1.29 is 33.0 Å². The van der Waals surface area contributed by atoms with Crippen LogP contribution in [0.2, 0.25) is 0 Å². The van der Waals surface area contributed by atoms with E-state index in [-0.39, 0.29) is 18.0 Å². The molecule has 1 unspecified atom stereocenters. The zero-order valence-corrected chi connectivity index (χ0v) is 31.6. The average molecular weight is 731 g/mol. The number of ether oxygens (including phenoxy) is 3. The lowest BCUT2D eigenvalue weighted by Gasteiger charge is -2.28. The van der Waals surface area contributed by atoms with Crippen molar-refractivity contribution in [2.45, 2.75) is 98.0 Å². The van der Waals surface area contributed by atoms with Gasteiger partial charge in [0, 0.05) is 46.9 Å². The Labute approximate surface area is 305 Å². The third kappa shape index (κ3) is 7.86. The second-order valence-electron chi connectivity index (χ2n) is 15.7. The zero-order chi connectivity index (χ0) is 37.7. The summed E-state index contributed by atoms with van der Waals surface area (Å²) in [7, 11) is 0. The molecule has 5 aromatic rings. The van der Waals surface area contributed by atoms with E-state index >= 15 is 0 Å². The highest BCUT2D eigenvalue weighted by atomic mass is 32.1. The molecule has 1 aliphatic rings. The summed E-state index contributed by atoms with van der Waals surface area (Å²) < 4.78 is 32.8. The van der Waals surface area contributed by atoms with Gasteiger partial charge in [0.25, 0.3) is 0 Å². The fourth-order valence-electron chi connectivity index (χ4n) is 5.95. The second-order valence-corrected chi connectivity index (χ2v) is 16.5. The molecule has 14 heteroatoms. The summed E-state index contributed by atoms with van der Waals surface area (Å²) in [6.07, 6.45) is 4.04. The number of carbonyl (C=O) groups excluding carboxylic acids is 3. The van der Waals surface area contributed by atoms with Crippen LogP contribution in [0.3, 0.4) is 0 Å². The Kier molecular flexibility index (Phi) is 9.49. The van der Waals surface area contributed by atoms with Crippen LogP contribution < -0.4 is 4.90 Å². The lowest BCUT2D eigenvalue weighted by Crippen LogP contribution is -2.44. The van der Waals surface area contributed by atoms with Crippen molar-refractivity contribution in [1.82, 2.24) is 24.3 Å². The summed E-state index contributed by atoms with van der Waals surface area (Å²) >= 11 is 1.40. The van der Waals surface area contributed by atoms with Crippen molar-refractivity contribution in [3.05, 3.63) is 65.8 Å². The van der Waals surface area contributed by atoms with E-state index in [2.05, 4.69) is 4.98 Å². The van der Waals surface area contributed by atoms with E-state index in [1.165, 1.54) is 23.5 Å². The zero-order valence-electron chi connectivity index (χ0n) is 30.8. The molecular weight excluding hydrogens is 688 g/mol. The molecule has 0 radical (unpaired) electrons. The number of carbonyl (C=O) groups is 3. The number of aromatic nitrogens is 4. The van der Waals surface area contributed by atoms with E-state index in [1.54, 1.807) is 75.5 Å². The molecule has 1 fully saturated rings. The molecule has 52 heavy (non-hydrogen) atoms. The number of benzene rings is 1. The van der Waals surface area contributed by atoms with Gasteiger partial charge >= 0.3 is 18.3 Å². The second kappa shape index (κ2) is 13.5. The molecule has 0 aliphatic carbocycles. The van der Waals surface area contributed by atoms with Crippen molar-refractivity contribution in [3.8, 4) is 21.8 Å². The molecule has 12 nitrogen and oxygen atoms in total. The maximum Gasteiger partial charge on any atom is 0.425 e. The first-order chi connectivity index (χ1) is 24.3. The number of rotatable bonds is 4. The number of thiazole rings is 1. The molecule has 0 N–H and O–H groups in total. The van der Waals surface area contributed by atoms with Crippen LogP contribution in [0, 0.1) is 5.82 Å². The molecule has 0 bridgehead atoms. The quantitative estimate of drug-likeness (QED) is 0.166. The predicted molar refractivity (Wildman–Crippen MR) is 197 cm³/mol. The van der Waals surface area contributed by atoms with E-state index < -0.39 is 34.8 Å². The number of amides is 3. The predicted octanol–water partition coefficient (Wildman–Crippen LogP) is 9.56. The van der Waals surface area contributed by atoms with Gasteiger partial charge in [-0.15, -0.1) is 11.3 Å². The Morgan fingerprint density at radius 1 is 0.865 bits per heavy atom. The number of likely N-dealkylation sites (tertiary alicyclic amines) is 1. The minimum absolute atomic E-state index is 0.00682. The first-order valence-electron chi connectivity index (χ1n) is 17.1.